The lowest BCUT2D eigenvalue weighted by atomic mass is 9.36. The van der Waals surface area contributed by atoms with Gasteiger partial charge in [-0.1, -0.05) is 59.8 Å². The lowest BCUT2D eigenvalue weighted by Crippen LogP contribution is -2.65. The zero-order chi connectivity index (χ0) is 61.5. The van der Waals surface area contributed by atoms with Crippen molar-refractivity contribution in [3.05, 3.63) is 23.8 Å². The fourth-order valence-electron chi connectivity index (χ4n) is 15.6. The lowest BCUT2D eigenvalue weighted by Gasteiger charge is -2.69. The van der Waals surface area contributed by atoms with Crippen molar-refractivity contribution in [3.8, 4) is 0 Å². The summed E-state index contributed by atoms with van der Waals surface area (Å²) in [4.78, 5) is 28.2. The van der Waals surface area contributed by atoms with E-state index in [1.165, 1.54) is 13.8 Å². The molecule has 7 fully saturated rings. The smallest absolute Gasteiger partial charge is 0.318 e. The summed E-state index contributed by atoms with van der Waals surface area (Å²) in [6.45, 7) is 13.7. The average Bonchev–Trinajstić information content (AvgIpc) is 1.20. The molecule has 9 rings (SSSR count). The van der Waals surface area contributed by atoms with Crippen molar-refractivity contribution in [2.24, 2.45) is 44.8 Å². The van der Waals surface area contributed by atoms with Gasteiger partial charge >= 0.3 is 5.97 Å². The standard InChI is InChI=1S/C58H92O26/c1-24(25(2)60)11-16-58(53(74)84-52-47(83-50-43(71)40(68)35(63)26(3)78-50)41(69)38(66)31(80-52)23-77-49-42(70)36(64)28(61)21-75-49)18-17-56(7)27(19-58)9-10-33-55(6)14-13-34(54(4,5)32(55)12-15-57(33,56)8)81-51-46(37(65)29(62)22-76-51)82-45-39(67)30(20-59)79-48(73)44(45)72/h9-10,19,24,26,28-52,59,61-73H,11-18,20-23H2,1-8H3. The maximum absolute atomic E-state index is 15.4. The molecule has 84 heavy (non-hydrogen) atoms. The van der Waals surface area contributed by atoms with Gasteiger partial charge in [0.15, 0.2) is 31.3 Å². The number of aliphatic hydroxyl groups is 14. The van der Waals surface area contributed by atoms with Crippen molar-refractivity contribution >= 4 is 11.8 Å². The molecular weight excluding hydrogens is 1110 g/mol. The van der Waals surface area contributed by atoms with Gasteiger partial charge in [0.25, 0.3) is 0 Å². The molecule has 480 valence electrons. The van der Waals surface area contributed by atoms with Crippen LogP contribution in [-0.2, 0) is 57.0 Å². The number of allylic oxidation sites excluding steroid dienone is 3. The molecule has 26 heteroatoms. The number of ether oxygens (including phenoxy) is 10. The Balaban J connectivity index is 0.982. The second kappa shape index (κ2) is 25.2. The van der Waals surface area contributed by atoms with Crippen LogP contribution >= 0.6 is 0 Å². The molecule has 5 heterocycles. The van der Waals surface area contributed by atoms with Crippen molar-refractivity contribution < 1.29 is 128 Å². The summed E-state index contributed by atoms with van der Waals surface area (Å²) >= 11 is 0. The van der Waals surface area contributed by atoms with Gasteiger partial charge in [-0.2, -0.15) is 0 Å². The normalized spacial score (nSPS) is 51.6. The third-order valence-corrected chi connectivity index (χ3v) is 21.5. The highest BCUT2D eigenvalue weighted by atomic mass is 16.8. The summed E-state index contributed by atoms with van der Waals surface area (Å²) in [5.41, 5.74) is -2.34. The van der Waals surface area contributed by atoms with Gasteiger partial charge in [-0.3, -0.25) is 9.59 Å². The number of esters is 1. The first kappa shape index (κ1) is 66.1. The van der Waals surface area contributed by atoms with Gasteiger partial charge in [-0.25, -0.2) is 0 Å². The van der Waals surface area contributed by atoms with E-state index in [1.807, 2.05) is 6.08 Å². The molecule has 0 spiro atoms. The Kier molecular flexibility index (Phi) is 19.8. The maximum Gasteiger partial charge on any atom is 0.318 e. The van der Waals surface area contributed by atoms with E-state index in [9.17, 15) is 76.3 Å². The van der Waals surface area contributed by atoms with Crippen LogP contribution in [0, 0.1) is 44.8 Å². The second-order valence-corrected chi connectivity index (χ2v) is 26.8. The van der Waals surface area contributed by atoms with Gasteiger partial charge in [0.05, 0.1) is 44.1 Å². The van der Waals surface area contributed by atoms with E-state index in [1.54, 1.807) is 6.92 Å². The van der Waals surface area contributed by atoms with Gasteiger partial charge in [0.1, 0.15) is 103 Å². The third-order valence-electron chi connectivity index (χ3n) is 21.5. The number of hydrogen-bond donors (Lipinski definition) is 14. The van der Waals surface area contributed by atoms with E-state index in [0.29, 0.717) is 19.3 Å². The van der Waals surface area contributed by atoms with Crippen LogP contribution in [0.2, 0.25) is 0 Å². The highest BCUT2D eigenvalue weighted by molar-refractivity contribution is 5.81. The first-order valence-electron chi connectivity index (χ1n) is 29.7. The molecule has 31 atom stereocenters. The fraction of sp³-hybridized carbons (Fsp3) is 0.897. The van der Waals surface area contributed by atoms with Gasteiger partial charge in [-0.05, 0) is 104 Å². The summed E-state index contributed by atoms with van der Waals surface area (Å²) in [7, 11) is 0. The topological polar surface area (TPSA) is 410 Å². The van der Waals surface area contributed by atoms with Crippen LogP contribution in [0.3, 0.4) is 0 Å². The number of aliphatic hydroxyl groups excluding tert-OH is 14. The van der Waals surface area contributed by atoms with Crippen molar-refractivity contribution in [1.29, 1.82) is 0 Å². The quantitative estimate of drug-likeness (QED) is 0.0558. The highest BCUT2D eigenvalue weighted by Gasteiger charge is 2.67. The van der Waals surface area contributed by atoms with E-state index in [2.05, 4.69) is 46.8 Å². The summed E-state index contributed by atoms with van der Waals surface area (Å²) in [6.07, 6.45) is -27.6. The zero-order valence-electron chi connectivity index (χ0n) is 49.0. The predicted molar refractivity (Wildman–Crippen MR) is 284 cm³/mol. The Morgan fingerprint density at radius 3 is 1.98 bits per heavy atom. The Bertz CT molecular complexity index is 2360. The number of fused-ring (bicyclic) bond motifs is 5. The van der Waals surface area contributed by atoms with Crippen LogP contribution in [0.15, 0.2) is 23.8 Å². The van der Waals surface area contributed by atoms with Crippen LogP contribution in [0.1, 0.15) is 107 Å². The average molecular weight is 1210 g/mol. The SMILES string of the molecule is CC(=O)C(C)CCC1(C(=O)OC2OC(COC3OCC(O)C(O)C3O)C(O)C(O)C2OC2OC(C)C(O)C(O)C2O)C=C2C=CC3C4(C)CCC(OC5OCC(O)C(O)C5OC5C(O)C(O)OC(CO)C5O)C(C)(C)C4CCC3(C)C2(C)CC1. The van der Waals surface area contributed by atoms with Crippen molar-refractivity contribution in [2.45, 2.75) is 254 Å². The molecule has 31 unspecified atom stereocenters. The van der Waals surface area contributed by atoms with Crippen LogP contribution in [0.4, 0.5) is 0 Å². The second-order valence-electron chi connectivity index (χ2n) is 26.8. The van der Waals surface area contributed by atoms with E-state index in [-0.39, 0.29) is 48.9 Å². The van der Waals surface area contributed by atoms with Crippen LogP contribution in [0.25, 0.3) is 0 Å². The third kappa shape index (κ3) is 11.8. The first-order valence-corrected chi connectivity index (χ1v) is 29.7. The molecule has 9 aliphatic rings. The van der Waals surface area contributed by atoms with Crippen molar-refractivity contribution in [2.75, 3.05) is 26.4 Å². The number of carbonyl (C=O) groups is 2. The summed E-state index contributed by atoms with van der Waals surface area (Å²) in [5, 5.41) is 150. The van der Waals surface area contributed by atoms with Gasteiger partial charge in [0.2, 0.25) is 6.29 Å². The number of rotatable bonds is 16. The molecule has 14 N–H and O–H groups in total. The minimum atomic E-state index is -1.97. The number of carbonyl (C=O) groups excluding carboxylic acids is 2. The van der Waals surface area contributed by atoms with E-state index in [4.69, 9.17) is 47.4 Å². The minimum Gasteiger partial charge on any atom is -0.432 e. The molecule has 0 amide bonds. The lowest BCUT2D eigenvalue weighted by molar-refractivity contribution is -0.364. The molecule has 0 bridgehead atoms. The molecule has 0 aromatic carbocycles. The van der Waals surface area contributed by atoms with Crippen molar-refractivity contribution in [1.82, 2.24) is 0 Å². The largest absolute Gasteiger partial charge is 0.432 e. The van der Waals surface area contributed by atoms with Gasteiger partial charge in [-0.15, -0.1) is 0 Å². The van der Waals surface area contributed by atoms with Crippen molar-refractivity contribution in [3.63, 3.8) is 0 Å². The Labute approximate surface area is 488 Å². The highest BCUT2D eigenvalue weighted by Crippen LogP contribution is 2.73. The molecule has 5 saturated heterocycles. The summed E-state index contributed by atoms with van der Waals surface area (Å²) in [6, 6.07) is 0. The molecule has 2 saturated carbocycles. The molecule has 0 aromatic rings. The van der Waals surface area contributed by atoms with Crippen LogP contribution in [-0.4, -0.2) is 257 Å². The molecule has 4 aliphatic carbocycles. The maximum atomic E-state index is 15.4. The first-order chi connectivity index (χ1) is 39.3. The van der Waals surface area contributed by atoms with Crippen LogP contribution in [0.5, 0.6) is 0 Å². The minimum absolute atomic E-state index is 0.00143. The van der Waals surface area contributed by atoms with E-state index >= 15 is 4.79 Å². The Hall–Kier alpha value is -2.30. The predicted octanol–water partition coefficient (Wildman–Crippen LogP) is -2.56. The monoisotopic (exact) mass is 1200 g/mol. The molecule has 5 aliphatic heterocycles. The van der Waals surface area contributed by atoms with Crippen LogP contribution < -0.4 is 0 Å². The molecule has 0 aromatic heterocycles. The van der Waals surface area contributed by atoms with Gasteiger partial charge in [0, 0.05) is 5.92 Å². The summed E-state index contributed by atoms with van der Waals surface area (Å²) < 4.78 is 59.3. The molecule has 0 radical (unpaired) electrons. The molecular formula is C58H92O26. The fourth-order valence-corrected chi connectivity index (χ4v) is 15.6. The zero-order valence-corrected chi connectivity index (χ0v) is 49.0. The van der Waals surface area contributed by atoms with Gasteiger partial charge < -0.3 is 119 Å². The number of ketones is 1. The van der Waals surface area contributed by atoms with E-state index < -0.39 is 201 Å². The number of hydrogen-bond acceptors (Lipinski definition) is 26. The Morgan fingerprint density at radius 2 is 1.30 bits per heavy atom. The van der Waals surface area contributed by atoms with E-state index in [0.717, 1.165) is 18.4 Å². The summed E-state index contributed by atoms with van der Waals surface area (Å²) in [5.74, 6) is -1.34. The Morgan fingerprint density at radius 1 is 0.643 bits per heavy atom. The molecule has 26 nitrogen and oxygen atoms in total. The number of Topliss-reactive ketones (excluding diaryl/α,β-unsaturated/α-hetero) is 1.